The zero-order chi connectivity index (χ0) is 13.5. The summed E-state index contributed by atoms with van der Waals surface area (Å²) in [5.74, 6) is 1.59. The first-order chi connectivity index (χ1) is 9.83. The minimum atomic E-state index is 0.292. The second-order valence-corrected chi connectivity index (χ2v) is 4.71. The molecule has 5 nitrogen and oxygen atoms in total. The zero-order valence-corrected chi connectivity index (χ0v) is 10.7. The van der Waals surface area contributed by atoms with E-state index in [1.165, 1.54) is 0 Å². The van der Waals surface area contributed by atoms with Crippen LogP contribution in [0.25, 0.3) is 16.6 Å². The Morgan fingerprint density at radius 1 is 1.10 bits per heavy atom. The van der Waals surface area contributed by atoms with Gasteiger partial charge in [0, 0.05) is 23.8 Å². The van der Waals surface area contributed by atoms with Crippen molar-refractivity contribution >= 4 is 5.52 Å². The van der Waals surface area contributed by atoms with E-state index in [0.29, 0.717) is 13.3 Å². The molecule has 5 heteroatoms. The third-order valence-corrected chi connectivity index (χ3v) is 3.46. The monoisotopic (exact) mass is 267 g/mol. The molecule has 20 heavy (non-hydrogen) atoms. The van der Waals surface area contributed by atoms with E-state index in [-0.39, 0.29) is 0 Å². The predicted octanol–water partition coefficient (Wildman–Crippen LogP) is 2.19. The van der Waals surface area contributed by atoms with E-state index >= 15 is 0 Å². The first-order valence-electron chi connectivity index (χ1n) is 6.40. The molecule has 0 atom stereocenters. The van der Waals surface area contributed by atoms with Gasteiger partial charge < -0.3 is 19.6 Å². The number of nitrogens with zero attached hydrogens (tertiary/aromatic N) is 2. The third kappa shape index (κ3) is 1.71. The van der Waals surface area contributed by atoms with Crippen molar-refractivity contribution in [1.82, 2.24) is 9.38 Å². The Hall–Kier alpha value is -2.53. The van der Waals surface area contributed by atoms with Crippen LogP contribution in [0.15, 0.2) is 42.9 Å². The van der Waals surface area contributed by atoms with Crippen molar-refractivity contribution in [3.05, 3.63) is 48.5 Å². The van der Waals surface area contributed by atoms with Crippen molar-refractivity contribution in [2.75, 3.05) is 6.79 Å². The standard InChI is InChI=1S/C15H13N3O2/c16-6-12-5-13-3-11(7-18(13)8-17-12)10-1-2-14-15(4-10)20-9-19-14/h1-5,7-8H,6,9,16H2. The van der Waals surface area contributed by atoms with E-state index in [0.717, 1.165) is 33.8 Å². The lowest BCUT2D eigenvalue weighted by Crippen LogP contribution is -2.00. The summed E-state index contributed by atoms with van der Waals surface area (Å²) in [5.41, 5.74) is 9.78. The van der Waals surface area contributed by atoms with Gasteiger partial charge in [0.15, 0.2) is 11.5 Å². The van der Waals surface area contributed by atoms with Gasteiger partial charge in [-0.2, -0.15) is 0 Å². The topological polar surface area (TPSA) is 61.8 Å². The molecule has 0 amide bonds. The summed E-state index contributed by atoms with van der Waals surface area (Å²) in [6.45, 7) is 0.737. The van der Waals surface area contributed by atoms with Gasteiger partial charge in [0.2, 0.25) is 6.79 Å². The second-order valence-electron chi connectivity index (χ2n) is 4.71. The molecular formula is C15H13N3O2. The fraction of sp³-hybridized carbons (Fsp3) is 0.133. The summed E-state index contributed by atoms with van der Waals surface area (Å²) in [7, 11) is 0. The minimum Gasteiger partial charge on any atom is -0.454 e. The fourth-order valence-electron chi connectivity index (χ4n) is 2.40. The highest BCUT2D eigenvalue weighted by molar-refractivity contribution is 5.72. The molecule has 2 aromatic heterocycles. The van der Waals surface area contributed by atoms with E-state index in [1.807, 2.05) is 34.9 Å². The van der Waals surface area contributed by atoms with Crippen molar-refractivity contribution in [3.63, 3.8) is 0 Å². The SMILES string of the molecule is NCc1cc2cc(-c3ccc4c(c3)OCO4)cn2cn1. The lowest BCUT2D eigenvalue weighted by atomic mass is 10.1. The van der Waals surface area contributed by atoms with Crippen LogP contribution in [0.3, 0.4) is 0 Å². The van der Waals surface area contributed by atoms with E-state index in [4.69, 9.17) is 15.2 Å². The Labute approximate surface area is 115 Å². The molecule has 0 saturated heterocycles. The van der Waals surface area contributed by atoms with Crippen molar-refractivity contribution in [2.24, 2.45) is 5.73 Å². The van der Waals surface area contributed by atoms with Gasteiger partial charge in [0.1, 0.15) is 0 Å². The predicted molar refractivity (Wildman–Crippen MR) is 74.6 cm³/mol. The van der Waals surface area contributed by atoms with Crippen molar-refractivity contribution in [3.8, 4) is 22.6 Å². The normalized spacial score (nSPS) is 13.1. The molecule has 100 valence electrons. The van der Waals surface area contributed by atoms with Gasteiger partial charge in [-0.05, 0) is 29.8 Å². The maximum atomic E-state index is 5.62. The highest BCUT2D eigenvalue weighted by Crippen LogP contribution is 2.36. The van der Waals surface area contributed by atoms with Gasteiger partial charge in [-0.25, -0.2) is 4.98 Å². The van der Waals surface area contributed by atoms with Crippen LogP contribution in [0.4, 0.5) is 0 Å². The Bertz CT molecular complexity index is 795. The van der Waals surface area contributed by atoms with E-state index < -0.39 is 0 Å². The first kappa shape index (κ1) is 11.3. The van der Waals surface area contributed by atoms with Gasteiger partial charge in [0.25, 0.3) is 0 Å². The minimum absolute atomic E-state index is 0.292. The highest BCUT2D eigenvalue weighted by atomic mass is 16.7. The highest BCUT2D eigenvalue weighted by Gasteiger charge is 2.14. The Morgan fingerprint density at radius 3 is 2.90 bits per heavy atom. The van der Waals surface area contributed by atoms with Gasteiger partial charge in [0.05, 0.1) is 12.0 Å². The maximum absolute atomic E-state index is 5.62. The molecule has 2 N–H and O–H groups in total. The average Bonchev–Trinajstić information content (AvgIpc) is 3.11. The van der Waals surface area contributed by atoms with Gasteiger partial charge in [-0.3, -0.25) is 0 Å². The molecule has 3 aromatic rings. The summed E-state index contributed by atoms with van der Waals surface area (Å²) < 4.78 is 12.7. The van der Waals surface area contributed by atoms with Crippen LogP contribution in [0.1, 0.15) is 5.69 Å². The molecule has 3 heterocycles. The summed E-state index contributed by atoms with van der Waals surface area (Å²) in [5, 5.41) is 0. The first-order valence-corrected chi connectivity index (χ1v) is 6.40. The number of benzene rings is 1. The third-order valence-electron chi connectivity index (χ3n) is 3.46. The van der Waals surface area contributed by atoms with E-state index in [9.17, 15) is 0 Å². The van der Waals surface area contributed by atoms with Crippen LogP contribution in [-0.4, -0.2) is 16.2 Å². The molecule has 0 saturated carbocycles. The number of ether oxygens (including phenoxy) is 2. The van der Waals surface area contributed by atoms with Crippen LogP contribution in [-0.2, 0) is 6.54 Å². The second kappa shape index (κ2) is 4.25. The van der Waals surface area contributed by atoms with Gasteiger partial charge >= 0.3 is 0 Å². The quantitative estimate of drug-likeness (QED) is 0.773. The number of nitrogens with two attached hydrogens (primary N) is 1. The summed E-state index contributed by atoms with van der Waals surface area (Å²) >= 11 is 0. The average molecular weight is 267 g/mol. The number of hydrogen-bond acceptors (Lipinski definition) is 4. The van der Waals surface area contributed by atoms with Crippen molar-refractivity contribution in [2.45, 2.75) is 6.54 Å². The molecule has 0 radical (unpaired) electrons. The Morgan fingerprint density at radius 2 is 2.00 bits per heavy atom. The maximum Gasteiger partial charge on any atom is 0.231 e. The molecule has 0 fully saturated rings. The summed E-state index contributed by atoms with van der Waals surface area (Å²) in [4.78, 5) is 4.28. The summed E-state index contributed by atoms with van der Waals surface area (Å²) in [6.07, 6.45) is 3.83. The van der Waals surface area contributed by atoms with Crippen LogP contribution >= 0.6 is 0 Å². The van der Waals surface area contributed by atoms with Crippen LogP contribution in [0, 0.1) is 0 Å². The van der Waals surface area contributed by atoms with Gasteiger partial charge in [-0.1, -0.05) is 6.07 Å². The largest absolute Gasteiger partial charge is 0.454 e. The van der Waals surface area contributed by atoms with Crippen LogP contribution < -0.4 is 15.2 Å². The van der Waals surface area contributed by atoms with Crippen LogP contribution in [0.5, 0.6) is 11.5 Å². The van der Waals surface area contributed by atoms with Gasteiger partial charge in [-0.15, -0.1) is 0 Å². The van der Waals surface area contributed by atoms with Crippen molar-refractivity contribution < 1.29 is 9.47 Å². The summed E-state index contributed by atoms with van der Waals surface area (Å²) in [6, 6.07) is 10.1. The van der Waals surface area contributed by atoms with Crippen molar-refractivity contribution in [1.29, 1.82) is 0 Å². The fourth-order valence-corrected chi connectivity index (χ4v) is 2.40. The molecule has 4 rings (SSSR count). The lowest BCUT2D eigenvalue weighted by molar-refractivity contribution is 0.174. The lowest BCUT2D eigenvalue weighted by Gasteiger charge is -1.99. The van der Waals surface area contributed by atoms with E-state index in [2.05, 4.69) is 11.1 Å². The number of aromatic nitrogens is 2. The molecule has 0 bridgehead atoms. The van der Waals surface area contributed by atoms with Crippen LogP contribution in [0.2, 0.25) is 0 Å². The Balaban J connectivity index is 1.81. The molecule has 0 aliphatic carbocycles. The number of fused-ring (bicyclic) bond motifs is 2. The van der Waals surface area contributed by atoms with E-state index in [1.54, 1.807) is 6.33 Å². The molecule has 1 aromatic carbocycles. The smallest absolute Gasteiger partial charge is 0.231 e. The Kier molecular flexibility index (Phi) is 2.40. The molecule has 1 aliphatic heterocycles. The molecular weight excluding hydrogens is 254 g/mol. The molecule has 0 unspecified atom stereocenters. The molecule has 0 spiro atoms. The number of rotatable bonds is 2. The zero-order valence-electron chi connectivity index (χ0n) is 10.7. The number of hydrogen-bond donors (Lipinski definition) is 1. The molecule has 1 aliphatic rings.